The average Bonchev–Trinajstić information content (AvgIpc) is 2.83. The van der Waals surface area contributed by atoms with Crippen LogP contribution in [0.3, 0.4) is 0 Å². The van der Waals surface area contributed by atoms with E-state index in [0.29, 0.717) is 10.6 Å². The second-order valence-electron chi connectivity index (χ2n) is 6.60. The summed E-state index contributed by atoms with van der Waals surface area (Å²) < 4.78 is 0. The van der Waals surface area contributed by atoms with Gasteiger partial charge in [0.2, 0.25) is 0 Å². The van der Waals surface area contributed by atoms with Crippen molar-refractivity contribution < 1.29 is 4.79 Å². The Kier molecular flexibility index (Phi) is 4.64. The highest BCUT2D eigenvalue weighted by Gasteiger charge is 2.36. The van der Waals surface area contributed by atoms with Gasteiger partial charge in [0.15, 0.2) is 6.29 Å². The molecule has 2 aromatic rings. The lowest BCUT2D eigenvalue weighted by atomic mass is 9.79. The van der Waals surface area contributed by atoms with E-state index in [1.165, 1.54) is 0 Å². The molecule has 2 N–H and O–H groups in total. The quantitative estimate of drug-likeness (QED) is 0.465. The number of aldehydes is 1. The van der Waals surface area contributed by atoms with E-state index < -0.39 is 5.41 Å². The topological polar surface area (TPSA) is 53.5 Å². The lowest BCUT2D eigenvalue weighted by Gasteiger charge is -2.22. The fourth-order valence-corrected chi connectivity index (χ4v) is 3.17. The van der Waals surface area contributed by atoms with Crippen LogP contribution in [0.25, 0.3) is 0 Å². The van der Waals surface area contributed by atoms with Gasteiger partial charge >= 0.3 is 0 Å². The zero-order valence-electron chi connectivity index (χ0n) is 14.4. The molecule has 0 saturated carbocycles. The first kappa shape index (κ1) is 17.2. The number of carbonyl (C=O) groups excluding carboxylic acids is 1. The molecule has 1 heterocycles. The number of anilines is 1. The Balaban J connectivity index is 1.83. The molecule has 0 radical (unpaired) electrons. The zero-order chi connectivity index (χ0) is 18.0. The number of halogens is 1. The Bertz CT molecular complexity index is 884. The third-order valence-electron chi connectivity index (χ3n) is 4.32. The van der Waals surface area contributed by atoms with Gasteiger partial charge in [-0.15, -0.1) is 0 Å². The van der Waals surface area contributed by atoms with Crippen molar-refractivity contribution in [3.8, 4) is 0 Å². The van der Waals surface area contributed by atoms with Crippen molar-refractivity contribution in [2.45, 2.75) is 26.2 Å². The van der Waals surface area contributed by atoms with Crippen LogP contribution >= 0.6 is 11.6 Å². The van der Waals surface area contributed by atoms with E-state index in [9.17, 15) is 4.79 Å². The highest BCUT2D eigenvalue weighted by atomic mass is 35.5. The molecule has 5 heteroatoms. The SMILES string of the molecule is Cc1cccc(NN/C=C(\C=O)C2=Nc3ccc(Cl)cc3C2(C)C)c1. The predicted octanol–water partition coefficient (Wildman–Crippen LogP) is 4.71. The van der Waals surface area contributed by atoms with Crippen LogP contribution in [0.15, 0.2) is 59.2 Å². The molecule has 1 aliphatic heterocycles. The smallest absolute Gasteiger partial charge is 0.153 e. The molecule has 1 aliphatic rings. The van der Waals surface area contributed by atoms with Crippen LogP contribution in [-0.2, 0) is 10.2 Å². The monoisotopic (exact) mass is 353 g/mol. The van der Waals surface area contributed by atoms with Crippen LogP contribution in [0.4, 0.5) is 11.4 Å². The summed E-state index contributed by atoms with van der Waals surface area (Å²) in [6.07, 6.45) is 2.46. The van der Waals surface area contributed by atoms with Gasteiger partial charge in [0.25, 0.3) is 0 Å². The van der Waals surface area contributed by atoms with Gasteiger partial charge in [-0.3, -0.25) is 9.79 Å². The van der Waals surface area contributed by atoms with Gasteiger partial charge in [-0.25, -0.2) is 0 Å². The number of aliphatic imine (C=N–C) groups is 1. The molecule has 4 nitrogen and oxygen atoms in total. The minimum Gasteiger partial charge on any atom is -0.307 e. The summed E-state index contributed by atoms with van der Waals surface area (Å²) in [5, 5.41) is 0.666. The Morgan fingerprint density at radius 2 is 2.00 bits per heavy atom. The van der Waals surface area contributed by atoms with Gasteiger partial charge in [-0.2, -0.15) is 0 Å². The van der Waals surface area contributed by atoms with Crippen molar-refractivity contribution in [3.05, 3.63) is 70.4 Å². The number of carbonyl (C=O) groups is 1. The summed E-state index contributed by atoms with van der Waals surface area (Å²) in [7, 11) is 0. The van der Waals surface area contributed by atoms with Crippen molar-refractivity contribution in [1.82, 2.24) is 5.43 Å². The Morgan fingerprint density at radius 1 is 1.20 bits per heavy atom. The molecule has 0 aliphatic carbocycles. The molecule has 128 valence electrons. The summed E-state index contributed by atoms with van der Waals surface area (Å²) in [5.41, 5.74) is 10.8. The Labute approximate surface area is 152 Å². The first-order chi connectivity index (χ1) is 11.9. The Morgan fingerprint density at radius 3 is 2.72 bits per heavy atom. The normalized spacial score (nSPS) is 15.4. The molecular formula is C20H20ClN3O. The molecule has 0 atom stereocenters. The highest BCUT2D eigenvalue weighted by molar-refractivity contribution is 6.31. The van der Waals surface area contributed by atoms with E-state index in [2.05, 4.69) is 15.8 Å². The maximum absolute atomic E-state index is 11.7. The fraction of sp³-hybridized carbons (Fsp3) is 0.200. The zero-order valence-corrected chi connectivity index (χ0v) is 15.2. The number of hydrogen-bond donors (Lipinski definition) is 2. The first-order valence-electron chi connectivity index (χ1n) is 8.05. The number of fused-ring (bicyclic) bond motifs is 1. The van der Waals surface area contributed by atoms with E-state index in [4.69, 9.17) is 11.6 Å². The van der Waals surface area contributed by atoms with Crippen LogP contribution in [0.5, 0.6) is 0 Å². The van der Waals surface area contributed by atoms with E-state index in [1.54, 1.807) is 6.20 Å². The van der Waals surface area contributed by atoms with Gasteiger partial charge in [0.1, 0.15) is 0 Å². The van der Waals surface area contributed by atoms with Gasteiger partial charge in [0, 0.05) is 16.6 Å². The van der Waals surface area contributed by atoms with Crippen molar-refractivity contribution >= 4 is 35.0 Å². The molecule has 0 aromatic heterocycles. The number of hydrogen-bond acceptors (Lipinski definition) is 4. The molecule has 0 unspecified atom stereocenters. The number of hydrazine groups is 1. The standard InChI is InChI=1S/C20H20ClN3O/c1-13-5-4-6-16(9-13)24-22-11-14(12-25)19-20(2,3)17-10-15(21)7-8-18(17)23-19/h4-12,22,24H,1-3H3/b14-11+. The summed E-state index contributed by atoms with van der Waals surface area (Å²) in [5.74, 6) is 0. The molecule has 0 spiro atoms. The van der Waals surface area contributed by atoms with Crippen molar-refractivity contribution in [2.75, 3.05) is 5.43 Å². The predicted molar refractivity (Wildman–Crippen MR) is 104 cm³/mol. The van der Waals surface area contributed by atoms with Crippen molar-refractivity contribution in [1.29, 1.82) is 0 Å². The summed E-state index contributed by atoms with van der Waals surface area (Å²) in [6.45, 7) is 6.11. The Hall–Kier alpha value is -2.59. The molecular weight excluding hydrogens is 334 g/mol. The number of rotatable bonds is 5. The van der Waals surface area contributed by atoms with Gasteiger partial charge in [-0.1, -0.05) is 37.6 Å². The highest BCUT2D eigenvalue weighted by Crippen LogP contribution is 2.42. The van der Waals surface area contributed by atoms with Crippen molar-refractivity contribution in [3.63, 3.8) is 0 Å². The first-order valence-corrected chi connectivity index (χ1v) is 8.43. The van der Waals surface area contributed by atoms with Crippen LogP contribution in [0, 0.1) is 6.92 Å². The number of nitrogens with zero attached hydrogens (tertiary/aromatic N) is 1. The van der Waals surface area contributed by atoms with Crippen LogP contribution in [0.1, 0.15) is 25.0 Å². The molecule has 0 amide bonds. The average molecular weight is 354 g/mol. The lowest BCUT2D eigenvalue weighted by Crippen LogP contribution is -2.29. The second-order valence-corrected chi connectivity index (χ2v) is 7.04. The summed E-state index contributed by atoms with van der Waals surface area (Å²) in [4.78, 5) is 16.3. The third kappa shape index (κ3) is 3.44. The summed E-state index contributed by atoms with van der Waals surface area (Å²) in [6, 6.07) is 13.6. The van der Waals surface area contributed by atoms with Crippen LogP contribution in [0.2, 0.25) is 5.02 Å². The van der Waals surface area contributed by atoms with Crippen molar-refractivity contribution in [2.24, 2.45) is 4.99 Å². The minimum absolute atomic E-state index is 0.391. The van der Waals surface area contributed by atoms with Gasteiger partial charge < -0.3 is 10.9 Å². The van der Waals surface area contributed by atoms with Crippen LogP contribution in [-0.4, -0.2) is 12.0 Å². The van der Waals surface area contributed by atoms with Crippen LogP contribution < -0.4 is 10.9 Å². The van der Waals surface area contributed by atoms with E-state index in [-0.39, 0.29) is 0 Å². The maximum atomic E-state index is 11.7. The number of allylic oxidation sites excluding steroid dienone is 1. The molecule has 0 saturated heterocycles. The molecule has 0 fully saturated rings. The molecule has 2 aromatic carbocycles. The molecule has 3 rings (SSSR count). The third-order valence-corrected chi connectivity index (χ3v) is 4.55. The fourth-order valence-electron chi connectivity index (χ4n) is 3.00. The van der Waals surface area contributed by atoms with E-state index in [1.807, 2.05) is 63.2 Å². The lowest BCUT2D eigenvalue weighted by molar-refractivity contribution is -0.104. The van der Waals surface area contributed by atoms with E-state index >= 15 is 0 Å². The largest absolute Gasteiger partial charge is 0.307 e. The molecule has 25 heavy (non-hydrogen) atoms. The van der Waals surface area contributed by atoms with Gasteiger partial charge in [0.05, 0.1) is 22.7 Å². The molecule has 0 bridgehead atoms. The van der Waals surface area contributed by atoms with E-state index in [0.717, 1.165) is 34.5 Å². The minimum atomic E-state index is -0.391. The van der Waals surface area contributed by atoms with Gasteiger partial charge in [-0.05, 0) is 48.4 Å². The summed E-state index contributed by atoms with van der Waals surface area (Å²) >= 11 is 6.12. The number of benzene rings is 2. The maximum Gasteiger partial charge on any atom is 0.153 e. The number of aryl methyl sites for hydroxylation is 1. The second kappa shape index (κ2) is 6.73. The number of nitrogens with one attached hydrogen (secondary N) is 2.